The fourth-order valence-corrected chi connectivity index (χ4v) is 4.30. The normalized spacial score (nSPS) is 13.1. The molecule has 0 bridgehead atoms. The molecule has 1 aliphatic rings. The lowest BCUT2D eigenvalue weighted by Crippen LogP contribution is -2.09. The Kier molecular flexibility index (Phi) is 4.94. The van der Waals surface area contributed by atoms with Crippen molar-refractivity contribution in [2.75, 3.05) is 26.6 Å². The van der Waals surface area contributed by atoms with E-state index < -0.39 is 0 Å². The molecular formula is C18H21NO4S. The van der Waals surface area contributed by atoms with Gasteiger partial charge in [0.2, 0.25) is 0 Å². The van der Waals surface area contributed by atoms with E-state index in [-0.39, 0.29) is 5.97 Å². The van der Waals surface area contributed by atoms with Crippen LogP contribution in [-0.2, 0) is 17.6 Å². The standard InChI is InChI=1S/C18H21NO4S/c1-21-11-8-9-14(22-2)13(10-11)19-17-16(18(20)23-3)12-6-4-5-7-15(12)24-17/h8-10,19H,4-7H2,1-3H3. The van der Waals surface area contributed by atoms with E-state index in [0.717, 1.165) is 47.7 Å². The summed E-state index contributed by atoms with van der Waals surface area (Å²) in [6.45, 7) is 0. The Hall–Kier alpha value is -2.21. The van der Waals surface area contributed by atoms with Gasteiger partial charge in [0, 0.05) is 10.9 Å². The van der Waals surface area contributed by atoms with Gasteiger partial charge in [-0.2, -0.15) is 0 Å². The SMILES string of the molecule is COC(=O)c1c(Nc2cc(OC)ccc2OC)sc2c1CCCC2. The average Bonchev–Trinajstić information content (AvgIpc) is 2.98. The quantitative estimate of drug-likeness (QED) is 0.823. The number of esters is 1. The maximum absolute atomic E-state index is 12.3. The first-order valence-corrected chi connectivity index (χ1v) is 8.71. The number of carbonyl (C=O) groups excluding carboxylic acids is 1. The number of hydrogen-bond acceptors (Lipinski definition) is 6. The second kappa shape index (κ2) is 7.13. The molecule has 3 rings (SSSR count). The summed E-state index contributed by atoms with van der Waals surface area (Å²) in [4.78, 5) is 13.6. The van der Waals surface area contributed by atoms with E-state index in [1.165, 1.54) is 12.0 Å². The molecule has 0 unspecified atom stereocenters. The zero-order valence-electron chi connectivity index (χ0n) is 14.1. The van der Waals surface area contributed by atoms with Crippen molar-refractivity contribution >= 4 is 28.0 Å². The summed E-state index contributed by atoms with van der Waals surface area (Å²) in [5, 5.41) is 4.16. The lowest BCUT2D eigenvalue weighted by Gasteiger charge is -2.13. The van der Waals surface area contributed by atoms with E-state index in [4.69, 9.17) is 14.2 Å². The van der Waals surface area contributed by atoms with E-state index in [1.807, 2.05) is 18.2 Å². The number of hydrogen-bond donors (Lipinski definition) is 1. The van der Waals surface area contributed by atoms with Gasteiger partial charge in [-0.1, -0.05) is 0 Å². The van der Waals surface area contributed by atoms with E-state index >= 15 is 0 Å². The molecule has 1 aromatic heterocycles. The van der Waals surface area contributed by atoms with Crippen molar-refractivity contribution in [1.82, 2.24) is 0 Å². The smallest absolute Gasteiger partial charge is 0.341 e. The van der Waals surface area contributed by atoms with Crippen LogP contribution in [0.15, 0.2) is 18.2 Å². The van der Waals surface area contributed by atoms with E-state index in [0.29, 0.717) is 11.3 Å². The molecule has 2 aromatic rings. The van der Waals surface area contributed by atoms with Crippen LogP contribution in [0, 0.1) is 0 Å². The van der Waals surface area contributed by atoms with Gasteiger partial charge >= 0.3 is 5.97 Å². The summed E-state index contributed by atoms with van der Waals surface area (Å²) in [5.41, 5.74) is 2.55. The Morgan fingerprint density at radius 2 is 1.92 bits per heavy atom. The highest BCUT2D eigenvalue weighted by atomic mass is 32.1. The van der Waals surface area contributed by atoms with Crippen molar-refractivity contribution in [3.8, 4) is 11.5 Å². The van der Waals surface area contributed by atoms with Crippen molar-refractivity contribution < 1.29 is 19.0 Å². The van der Waals surface area contributed by atoms with Gasteiger partial charge in [0.05, 0.1) is 32.6 Å². The lowest BCUT2D eigenvalue weighted by molar-refractivity contribution is 0.0601. The number of benzene rings is 1. The van der Waals surface area contributed by atoms with Crippen molar-refractivity contribution in [3.63, 3.8) is 0 Å². The van der Waals surface area contributed by atoms with Crippen LogP contribution < -0.4 is 14.8 Å². The van der Waals surface area contributed by atoms with E-state index in [9.17, 15) is 4.79 Å². The number of ether oxygens (including phenoxy) is 3. The summed E-state index contributed by atoms with van der Waals surface area (Å²) in [5.74, 6) is 1.12. The van der Waals surface area contributed by atoms with Crippen LogP contribution >= 0.6 is 11.3 Å². The summed E-state index contributed by atoms with van der Waals surface area (Å²) >= 11 is 1.62. The molecule has 6 heteroatoms. The van der Waals surface area contributed by atoms with Crippen LogP contribution in [0.2, 0.25) is 0 Å². The number of carbonyl (C=O) groups is 1. The molecule has 1 N–H and O–H groups in total. The Morgan fingerprint density at radius 3 is 2.62 bits per heavy atom. The van der Waals surface area contributed by atoms with Crippen LogP contribution in [0.5, 0.6) is 11.5 Å². The van der Waals surface area contributed by atoms with Gasteiger partial charge < -0.3 is 19.5 Å². The highest BCUT2D eigenvalue weighted by Crippen LogP contribution is 2.41. The maximum atomic E-state index is 12.3. The molecular weight excluding hydrogens is 326 g/mol. The highest BCUT2D eigenvalue weighted by Gasteiger charge is 2.26. The fourth-order valence-electron chi connectivity index (χ4n) is 3.01. The maximum Gasteiger partial charge on any atom is 0.341 e. The summed E-state index contributed by atoms with van der Waals surface area (Å²) < 4.78 is 15.7. The van der Waals surface area contributed by atoms with E-state index in [1.54, 1.807) is 25.6 Å². The van der Waals surface area contributed by atoms with Crippen LogP contribution in [0.3, 0.4) is 0 Å². The first kappa shape index (κ1) is 16.6. The number of methoxy groups -OCH3 is 3. The molecule has 1 aliphatic carbocycles. The number of thiophene rings is 1. The monoisotopic (exact) mass is 347 g/mol. The molecule has 0 saturated carbocycles. The second-order valence-corrected chi connectivity index (χ2v) is 6.70. The molecule has 5 nitrogen and oxygen atoms in total. The van der Waals surface area contributed by atoms with Gasteiger partial charge in [-0.25, -0.2) is 4.79 Å². The van der Waals surface area contributed by atoms with Crippen molar-refractivity contribution in [2.24, 2.45) is 0 Å². The Bertz CT molecular complexity index is 754. The van der Waals surface area contributed by atoms with Crippen molar-refractivity contribution in [3.05, 3.63) is 34.2 Å². The van der Waals surface area contributed by atoms with Gasteiger partial charge in [-0.05, 0) is 43.4 Å². The summed E-state index contributed by atoms with van der Waals surface area (Å²) in [7, 11) is 4.66. The second-order valence-electron chi connectivity index (χ2n) is 5.60. The predicted molar refractivity (Wildman–Crippen MR) is 95.1 cm³/mol. The number of aryl methyl sites for hydroxylation is 1. The zero-order valence-corrected chi connectivity index (χ0v) is 14.9. The Labute approximate surface area is 145 Å². The first-order valence-electron chi connectivity index (χ1n) is 7.89. The minimum atomic E-state index is -0.293. The molecule has 0 fully saturated rings. The molecule has 0 saturated heterocycles. The zero-order chi connectivity index (χ0) is 17.1. The molecule has 1 aromatic carbocycles. The number of nitrogens with one attached hydrogen (secondary N) is 1. The largest absolute Gasteiger partial charge is 0.497 e. The van der Waals surface area contributed by atoms with Crippen LogP contribution in [0.1, 0.15) is 33.6 Å². The lowest BCUT2D eigenvalue weighted by atomic mass is 9.95. The highest BCUT2D eigenvalue weighted by molar-refractivity contribution is 7.16. The Balaban J connectivity index is 2.04. The van der Waals surface area contributed by atoms with Gasteiger partial charge in [-0.3, -0.25) is 0 Å². The fraction of sp³-hybridized carbons (Fsp3) is 0.389. The summed E-state index contributed by atoms with van der Waals surface area (Å²) in [6.07, 6.45) is 4.21. The van der Waals surface area contributed by atoms with Gasteiger partial charge in [-0.15, -0.1) is 11.3 Å². The van der Waals surface area contributed by atoms with Crippen molar-refractivity contribution in [1.29, 1.82) is 0 Å². The van der Waals surface area contributed by atoms with Crippen LogP contribution in [-0.4, -0.2) is 27.3 Å². The molecule has 0 radical (unpaired) electrons. The predicted octanol–water partition coefficient (Wildman–Crippen LogP) is 4.17. The first-order chi connectivity index (χ1) is 11.7. The number of fused-ring (bicyclic) bond motifs is 1. The van der Waals surface area contributed by atoms with Gasteiger partial charge in [0.25, 0.3) is 0 Å². The van der Waals surface area contributed by atoms with Gasteiger partial charge in [0.1, 0.15) is 16.5 Å². The number of anilines is 2. The van der Waals surface area contributed by atoms with Gasteiger partial charge in [0.15, 0.2) is 0 Å². The molecule has 128 valence electrons. The molecule has 24 heavy (non-hydrogen) atoms. The molecule has 0 atom stereocenters. The third-order valence-electron chi connectivity index (χ3n) is 4.22. The van der Waals surface area contributed by atoms with Crippen LogP contribution in [0.4, 0.5) is 10.7 Å². The van der Waals surface area contributed by atoms with E-state index in [2.05, 4.69) is 5.32 Å². The number of rotatable bonds is 5. The summed E-state index contributed by atoms with van der Waals surface area (Å²) in [6, 6.07) is 5.54. The third-order valence-corrected chi connectivity index (χ3v) is 5.42. The molecule has 0 amide bonds. The van der Waals surface area contributed by atoms with Crippen molar-refractivity contribution in [2.45, 2.75) is 25.7 Å². The Morgan fingerprint density at radius 1 is 1.12 bits per heavy atom. The molecule has 0 aliphatic heterocycles. The minimum absolute atomic E-state index is 0.293. The topological polar surface area (TPSA) is 56.8 Å². The average molecular weight is 347 g/mol. The minimum Gasteiger partial charge on any atom is -0.497 e. The third kappa shape index (κ3) is 3.06. The molecule has 0 spiro atoms. The molecule has 1 heterocycles. The van der Waals surface area contributed by atoms with Crippen LogP contribution in [0.25, 0.3) is 0 Å².